The van der Waals surface area contributed by atoms with E-state index in [0.717, 1.165) is 54.3 Å². The number of aliphatic hydroxyl groups is 1. The quantitative estimate of drug-likeness (QED) is 0.901. The van der Waals surface area contributed by atoms with Crippen LogP contribution < -0.4 is 5.32 Å². The van der Waals surface area contributed by atoms with Gasteiger partial charge in [0.15, 0.2) is 0 Å². The molecule has 2 N–H and O–H groups in total. The summed E-state index contributed by atoms with van der Waals surface area (Å²) < 4.78 is 3.28. The molecule has 2 aromatic rings. The number of imidazole rings is 1. The highest BCUT2D eigenvalue weighted by molar-refractivity contribution is 9.10. The van der Waals surface area contributed by atoms with Gasteiger partial charge in [-0.2, -0.15) is 0 Å². The van der Waals surface area contributed by atoms with E-state index in [2.05, 4.69) is 30.8 Å². The first kappa shape index (κ1) is 14.0. The van der Waals surface area contributed by atoms with Gasteiger partial charge >= 0.3 is 0 Å². The summed E-state index contributed by atoms with van der Waals surface area (Å²) in [6, 6.07) is 6.34. The van der Waals surface area contributed by atoms with Crippen LogP contribution in [0.4, 0.5) is 0 Å². The van der Waals surface area contributed by atoms with Crippen LogP contribution in [0.25, 0.3) is 11.0 Å². The molecule has 2 atom stereocenters. The van der Waals surface area contributed by atoms with Crippen LogP contribution >= 0.6 is 15.9 Å². The van der Waals surface area contributed by atoms with E-state index in [0.29, 0.717) is 0 Å². The normalized spacial score (nSPS) is 23.3. The van der Waals surface area contributed by atoms with Crippen molar-refractivity contribution >= 4 is 27.0 Å². The number of rotatable bonds is 4. The summed E-state index contributed by atoms with van der Waals surface area (Å²) in [6.07, 6.45) is 5.77. The van der Waals surface area contributed by atoms with E-state index >= 15 is 0 Å². The maximum atomic E-state index is 9.95. The molecular weight excluding hydrogens is 318 g/mol. The number of piperidine rings is 1. The van der Waals surface area contributed by atoms with Crippen LogP contribution in [-0.2, 0) is 6.54 Å². The monoisotopic (exact) mass is 337 g/mol. The minimum Gasteiger partial charge on any atom is -0.392 e. The van der Waals surface area contributed by atoms with Gasteiger partial charge in [-0.1, -0.05) is 6.07 Å². The highest BCUT2D eigenvalue weighted by Gasteiger charge is 2.21. The Kier molecular flexibility index (Phi) is 4.38. The van der Waals surface area contributed by atoms with Crippen molar-refractivity contribution in [2.45, 2.75) is 44.4 Å². The summed E-state index contributed by atoms with van der Waals surface area (Å²) in [6.45, 7) is 1.96. The number of aryl methyl sites for hydroxylation is 1. The Labute approximate surface area is 127 Å². The summed E-state index contributed by atoms with van der Waals surface area (Å²) in [5.74, 6) is 0. The molecule has 1 saturated heterocycles. The van der Waals surface area contributed by atoms with Crippen molar-refractivity contribution in [3.8, 4) is 0 Å². The summed E-state index contributed by atoms with van der Waals surface area (Å²) in [4.78, 5) is 4.43. The van der Waals surface area contributed by atoms with E-state index in [9.17, 15) is 5.11 Å². The molecule has 1 aromatic heterocycles. The molecule has 0 amide bonds. The fourth-order valence-electron chi connectivity index (χ4n) is 2.96. The number of nitrogens with one attached hydrogen (secondary N) is 1. The SMILES string of the molecule is O[C@H]1CCCN[C@@H]1CCCn1cnc2cccc(Br)c21. The number of nitrogens with zero attached hydrogens (tertiary/aromatic N) is 2. The smallest absolute Gasteiger partial charge is 0.0958 e. The molecular formula is C15H20BrN3O. The average Bonchev–Trinajstić information content (AvgIpc) is 2.86. The van der Waals surface area contributed by atoms with Gasteiger partial charge in [0.1, 0.15) is 0 Å². The van der Waals surface area contributed by atoms with Gasteiger partial charge in [-0.25, -0.2) is 4.98 Å². The van der Waals surface area contributed by atoms with E-state index in [1.165, 1.54) is 0 Å². The maximum Gasteiger partial charge on any atom is 0.0958 e. The number of hydrogen-bond acceptors (Lipinski definition) is 3. The minimum atomic E-state index is -0.185. The van der Waals surface area contributed by atoms with Gasteiger partial charge in [0, 0.05) is 17.1 Å². The minimum absolute atomic E-state index is 0.185. The molecule has 0 bridgehead atoms. The van der Waals surface area contributed by atoms with Crippen molar-refractivity contribution in [1.29, 1.82) is 0 Å². The molecule has 3 rings (SSSR count). The Balaban J connectivity index is 1.62. The molecule has 1 fully saturated rings. The molecule has 0 unspecified atom stereocenters. The van der Waals surface area contributed by atoms with Gasteiger partial charge in [-0.3, -0.25) is 0 Å². The summed E-state index contributed by atoms with van der Waals surface area (Å²) >= 11 is 3.59. The molecule has 1 aromatic carbocycles. The van der Waals surface area contributed by atoms with Gasteiger partial charge in [-0.15, -0.1) is 0 Å². The van der Waals surface area contributed by atoms with E-state index in [1.807, 2.05) is 24.5 Å². The number of para-hydroxylation sites is 1. The lowest BCUT2D eigenvalue weighted by Gasteiger charge is -2.29. The van der Waals surface area contributed by atoms with Crippen molar-refractivity contribution in [2.24, 2.45) is 0 Å². The van der Waals surface area contributed by atoms with Crippen LogP contribution in [0.3, 0.4) is 0 Å². The Morgan fingerprint density at radius 1 is 1.45 bits per heavy atom. The third-order valence-electron chi connectivity index (χ3n) is 4.05. The van der Waals surface area contributed by atoms with Gasteiger partial charge in [0.25, 0.3) is 0 Å². The number of aliphatic hydroxyl groups excluding tert-OH is 1. The van der Waals surface area contributed by atoms with Crippen molar-refractivity contribution < 1.29 is 5.11 Å². The van der Waals surface area contributed by atoms with Crippen LogP contribution in [0, 0.1) is 0 Å². The third kappa shape index (κ3) is 2.90. The predicted molar refractivity (Wildman–Crippen MR) is 83.7 cm³/mol. The highest BCUT2D eigenvalue weighted by Crippen LogP contribution is 2.23. The molecule has 20 heavy (non-hydrogen) atoms. The van der Waals surface area contributed by atoms with E-state index in [4.69, 9.17) is 0 Å². The summed E-state index contributed by atoms with van der Waals surface area (Å²) in [5, 5.41) is 13.4. The van der Waals surface area contributed by atoms with Gasteiger partial charge in [-0.05, 0) is 60.3 Å². The topological polar surface area (TPSA) is 50.1 Å². The summed E-state index contributed by atoms with van der Waals surface area (Å²) in [5.41, 5.74) is 2.18. The second-order valence-corrected chi connectivity index (χ2v) is 6.31. The van der Waals surface area contributed by atoms with Crippen LogP contribution in [0.1, 0.15) is 25.7 Å². The lowest BCUT2D eigenvalue weighted by Crippen LogP contribution is -2.44. The van der Waals surface area contributed by atoms with Gasteiger partial charge < -0.3 is 15.0 Å². The molecule has 4 nitrogen and oxygen atoms in total. The predicted octanol–water partition coefficient (Wildman–Crippen LogP) is 2.69. The Bertz CT molecular complexity index is 584. The molecule has 0 radical (unpaired) electrons. The largest absolute Gasteiger partial charge is 0.392 e. The van der Waals surface area contributed by atoms with E-state index in [1.54, 1.807) is 0 Å². The molecule has 0 spiro atoms. The van der Waals surface area contributed by atoms with Crippen molar-refractivity contribution in [3.05, 3.63) is 29.0 Å². The van der Waals surface area contributed by atoms with E-state index < -0.39 is 0 Å². The third-order valence-corrected chi connectivity index (χ3v) is 4.69. The number of halogens is 1. The second kappa shape index (κ2) is 6.24. The lowest BCUT2D eigenvalue weighted by molar-refractivity contribution is 0.0909. The maximum absolute atomic E-state index is 9.95. The van der Waals surface area contributed by atoms with Crippen LogP contribution in [0.15, 0.2) is 29.0 Å². The Morgan fingerprint density at radius 3 is 3.20 bits per heavy atom. The van der Waals surface area contributed by atoms with Crippen LogP contribution in [0.2, 0.25) is 0 Å². The Hall–Kier alpha value is -0.910. The first-order chi connectivity index (χ1) is 9.75. The van der Waals surface area contributed by atoms with Crippen LogP contribution in [-0.4, -0.2) is 33.3 Å². The zero-order valence-electron chi connectivity index (χ0n) is 11.4. The zero-order valence-corrected chi connectivity index (χ0v) is 13.0. The standard InChI is InChI=1S/C15H20BrN3O/c16-11-4-1-5-13-15(11)19(10-18-13)9-3-6-12-14(20)7-2-8-17-12/h1,4-5,10,12,14,17,20H,2-3,6-9H2/t12-,14+/m1/s1. The van der Waals surface area contributed by atoms with Crippen molar-refractivity contribution in [2.75, 3.05) is 6.54 Å². The van der Waals surface area contributed by atoms with Crippen molar-refractivity contribution in [3.63, 3.8) is 0 Å². The average molecular weight is 338 g/mol. The first-order valence-corrected chi connectivity index (χ1v) is 8.06. The van der Waals surface area contributed by atoms with Crippen LogP contribution in [0.5, 0.6) is 0 Å². The molecule has 2 heterocycles. The fourth-order valence-corrected chi connectivity index (χ4v) is 3.55. The summed E-state index contributed by atoms with van der Waals surface area (Å²) in [7, 11) is 0. The fraction of sp³-hybridized carbons (Fsp3) is 0.533. The lowest BCUT2D eigenvalue weighted by atomic mass is 9.97. The van der Waals surface area contributed by atoms with E-state index in [-0.39, 0.29) is 12.1 Å². The number of hydrogen-bond donors (Lipinski definition) is 2. The highest BCUT2D eigenvalue weighted by atomic mass is 79.9. The van der Waals surface area contributed by atoms with Crippen molar-refractivity contribution in [1.82, 2.24) is 14.9 Å². The number of aromatic nitrogens is 2. The molecule has 5 heteroatoms. The molecule has 1 aliphatic heterocycles. The number of benzene rings is 1. The first-order valence-electron chi connectivity index (χ1n) is 7.26. The molecule has 108 valence electrons. The number of fused-ring (bicyclic) bond motifs is 1. The van der Waals surface area contributed by atoms with Gasteiger partial charge in [0.05, 0.1) is 23.5 Å². The Morgan fingerprint density at radius 2 is 2.35 bits per heavy atom. The molecule has 1 aliphatic rings. The second-order valence-electron chi connectivity index (χ2n) is 5.46. The van der Waals surface area contributed by atoms with Gasteiger partial charge in [0.2, 0.25) is 0 Å². The molecule has 0 aliphatic carbocycles. The molecule has 0 saturated carbocycles. The zero-order chi connectivity index (χ0) is 13.9.